The summed E-state index contributed by atoms with van der Waals surface area (Å²) in [4.78, 5) is 9.75. The van der Waals surface area contributed by atoms with Gasteiger partial charge >= 0.3 is 0 Å². The van der Waals surface area contributed by atoms with E-state index in [0.29, 0.717) is 0 Å². The van der Waals surface area contributed by atoms with Gasteiger partial charge in [-0.3, -0.25) is 0 Å². The minimum Gasteiger partial charge on any atom is -0.360 e. The number of nitrogens with one attached hydrogen (secondary N) is 2. The van der Waals surface area contributed by atoms with Gasteiger partial charge in [-0.2, -0.15) is 0 Å². The highest BCUT2D eigenvalue weighted by atomic mass is 14.9. The van der Waals surface area contributed by atoms with Crippen LogP contribution in [-0.2, 0) is 0 Å². The molecule has 10 heavy (non-hydrogen) atoms. The maximum absolute atomic E-state index is 3.95. The summed E-state index contributed by atoms with van der Waals surface area (Å²) in [7, 11) is 0. The first-order chi connectivity index (χ1) is 4.97. The van der Waals surface area contributed by atoms with Gasteiger partial charge in [-0.05, 0) is 12.1 Å². The number of imidazole rings is 1. The van der Waals surface area contributed by atoms with Gasteiger partial charge in [0.25, 0.3) is 0 Å². The van der Waals surface area contributed by atoms with E-state index in [0.717, 1.165) is 11.4 Å². The van der Waals surface area contributed by atoms with E-state index in [9.17, 15) is 0 Å². The molecule has 1 radical (unpaired) electrons. The summed E-state index contributed by atoms with van der Waals surface area (Å²) in [5.74, 6) is 0. The maximum Gasteiger partial charge on any atom is 0.174 e. The van der Waals surface area contributed by atoms with Crippen LogP contribution in [0.1, 0.15) is 0 Å². The smallest absolute Gasteiger partial charge is 0.174 e. The molecule has 2 aromatic rings. The van der Waals surface area contributed by atoms with Gasteiger partial charge in [-0.15, -0.1) is 0 Å². The van der Waals surface area contributed by atoms with Crippen LogP contribution in [0.5, 0.6) is 0 Å². The third-order valence-corrected chi connectivity index (χ3v) is 1.32. The van der Waals surface area contributed by atoms with Crippen molar-refractivity contribution in [1.29, 1.82) is 0 Å². The molecule has 0 fully saturated rings. The first-order valence-electron chi connectivity index (χ1n) is 3.02. The molecule has 0 saturated carbocycles. The Morgan fingerprint density at radius 2 is 2.50 bits per heavy atom. The number of rotatable bonds is 1. The predicted octanol–water partition coefficient (Wildman–Crippen LogP) is 1.20. The van der Waals surface area contributed by atoms with Gasteiger partial charge < -0.3 is 9.97 Å². The van der Waals surface area contributed by atoms with Crippen LogP contribution in [0.15, 0.2) is 24.5 Å². The van der Waals surface area contributed by atoms with Gasteiger partial charge in [-0.1, -0.05) is 0 Å². The van der Waals surface area contributed by atoms with Crippen molar-refractivity contribution in [2.75, 3.05) is 0 Å². The third kappa shape index (κ3) is 0.719. The van der Waals surface area contributed by atoms with Crippen molar-refractivity contribution in [3.63, 3.8) is 0 Å². The molecule has 0 aromatic carbocycles. The lowest BCUT2D eigenvalue weighted by atomic mass is 10.3. The van der Waals surface area contributed by atoms with Crippen molar-refractivity contribution in [3.8, 4) is 11.4 Å². The topological polar surface area (TPSA) is 44.5 Å². The molecule has 0 aliphatic carbocycles. The fourth-order valence-electron chi connectivity index (χ4n) is 0.853. The lowest BCUT2D eigenvalue weighted by Gasteiger charge is -1.85. The van der Waals surface area contributed by atoms with E-state index in [1.54, 1.807) is 6.20 Å². The van der Waals surface area contributed by atoms with E-state index in [-0.39, 0.29) is 0 Å². The molecular weight excluding hydrogens is 126 g/mol. The predicted molar refractivity (Wildman–Crippen MR) is 37.2 cm³/mol. The van der Waals surface area contributed by atoms with Crippen LogP contribution in [0.4, 0.5) is 0 Å². The van der Waals surface area contributed by atoms with Gasteiger partial charge in [0.1, 0.15) is 5.69 Å². The highest BCUT2D eigenvalue weighted by Gasteiger charge is 1.96. The lowest BCUT2D eigenvalue weighted by Crippen LogP contribution is -1.73. The van der Waals surface area contributed by atoms with Crippen LogP contribution in [-0.4, -0.2) is 15.0 Å². The van der Waals surface area contributed by atoms with Gasteiger partial charge in [-0.25, -0.2) is 4.98 Å². The first-order valence-corrected chi connectivity index (χ1v) is 3.02. The Balaban J connectivity index is 2.48. The molecule has 2 aromatic heterocycles. The van der Waals surface area contributed by atoms with Crippen molar-refractivity contribution < 1.29 is 0 Å². The van der Waals surface area contributed by atoms with E-state index in [4.69, 9.17) is 0 Å². The van der Waals surface area contributed by atoms with Crippen molar-refractivity contribution in [2.45, 2.75) is 0 Å². The maximum atomic E-state index is 3.95. The number of aromatic amines is 2. The van der Waals surface area contributed by atoms with Crippen molar-refractivity contribution in [3.05, 3.63) is 30.9 Å². The van der Waals surface area contributed by atoms with E-state index in [2.05, 4.69) is 21.3 Å². The summed E-state index contributed by atoms with van der Waals surface area (Å²) in [5, 5.41) is 0. The van der Waals surface area contributed by atoms with E-state index >= 15 is 0 Å². The number of H-pyrrole nitrogens is 2. The summed E-state index contributed by atoms with van der Waals surface area (Å²) in [6.45, 7) is 0. The van der Waals surface area contributed by atoms with Crippen LogP contribution in [0.3, 0.4) is 0 Å². The number of nitrogens with zero attached hydrogens (tertiary/aromatic N) is 1. The van der Waals surface area contributed by atoms with Crippen molar-refractivity contribution in [1.82, 2.24) is 15.0 Å². The third-order valence-electron chi connectivity index (χ3n) is 1.32. The number of hydrogen-bond donors (Lipinski definition) is 2. The summed E-state index contributed by atoms with van der Waals surface area (Å²) < 4.78 is 0. The van der Waals surface area contributed by atoms with Gasteiger partial charge in [0.2, 0.25) is 0 Å². The molecule has 0 unspecified atom stereocenters. The second kappa shape index (κ2) is 2.02. The molecule has 2 rings (SSSR count). The molecule has 2 heterocycles. The molecule has 49 valence electrons. The monoisotopic (exact) mass is 132 g/mol. The molecule has 0 aliphatic rings. The van der Waals surface area contributed by atoms with Crippen LogP contribution in [0, 0.1) is 6.33 Å². The Hall–Kier alpha value is -1.51. The molecule has 0 atom stereocenters. The average Bonchev–Trinajstić information content (AvgIpc) is 2.59. The minimum absolute atomic E-state index is 0.894. The van der Waals surface area contributed by atoms with E-state index in [1.807, 2.05) is 18.3 Å². The van der Waals surface area contributed by atoms with E-state index in [1.165, 1.54) is 0 Å². The molecule has 3 nitrogen and oxygen atoms in total. The lowest BCUT2D eigenvalue weighted by molar-refractivity contribution is 1.28. The standard InChI is InChI=1S/C7H6N3/c1-2-6(9-3-1)7-4-8-5-10-7/h1-4,9H,(H,8,10). The minimum atomic E-state index is 0.894. The van der Waals surface area contributed by atoms with Crippen LogP contribution in [0.2, 0.25) is 0 Å². The summed E-state index contributed by atoms with van der Waals surface area (Å²) in [6.07, 6.45) is 6.29. The number of hydrogen-bond acceptors (Lipinski definition) is 1. The summed E-state index contributed by atoms with van der Waals surface area (Å²) in [6, 6.07) is 3.90. The van der Waals surface area contributed by atoms with Crippen LogP contribution < -0.4 is 0 Å². The number of aromatic nitrogens is 3. The second-order valence-electron chi connectivity index (χ2n) is 1.98. The quantitative estimate of drug-likeness (QED) is 0.601. The SMILES string of the molecule is [c]1nc(-c2ccc[nH]2)c[nH]1. The van der Waals surface area contributed by atoms with Gasteiger partial charge in [0.05, 0.1) is 5.69 Å². The zero-order valence-electron chi connectivity index (χ0n) is 5.26. The van der Waals surface area contributed by atoms with Gasteiger partial charge in [0.15, 0.2) is 6.33 Å². The van der Waals surface area contributed by atoms with E-state index < -0.39 is 0 Å². The molecule has 0 spiro atoms. The molecular formula is C7H6N3. The highest BCUT2D eigenvalue weighted by Crippen LogP contribution is 2.10. The molecule has 2 N–H and O–H groups in total. The summed E-state index contributed by atoms with van der Waals surface area (Å²) in [5.41, 5.74) is 1.91. The largest absolute Gasteiger partial charge is 0.360 e. The van der Waals surface area contributed by atoms with Crippen LogP contribution in [0.25, 0.3) is 11.4 Å². The fraction of sp³-hybridized carbons (Fsp3) is 0. The second-order valence-corrected chi connectivity index (χ2v) is 1.98. The molecule has 3 heteroatoms. The summed E-state index contributed by atoms with van der Waals surface area (Å²) >= 11 is 0. The van der Waals surface area contributed by atoms with Crippen LogP contribution >= 0.6 is 0 Å². The Morgan fingerprint density at radius 1 is 1.50 bits per heavy atom. The Bertz CT molecular complexity index is 248. The normalized spacial score (nSPS) is 10.0. The van der Waals surface area contributed by atoms with Crippen molar-refractivity contribution >= 4 is 0 Å². The average molecular weight is 132 g/mol. The molecule has 0 saturated heterocycles. The first kappa shape index (κ1) is 5.29. The van der Waals surface area contributed by atoms with Gasteiger partial charge in [0, 0.05) is 12.4 Å². The van der Waals surface area contributed by atoms with Crippen molar-refractivity contribution in [2.24, 2.45) is 0 Å². The molecule has 0 amide bonds. The highest BCUT2D eigenvalue weighted by molar-refractivity contribution is 5.52. The molecule has 0 bridgehead atoms. The Morgan fingerprint density at radius 3 is 3.10 bits per heavy atom. The zero-order valence-corrected chi connectivity index (χ0v) is 5.26. The molecule has 0 aliphatic heterocycles. The zero-order chi connectivity index (χ0) is 6.81. The Kier molecular flexibility index (Phi) is 1.07. The Labute approximate surface area is 58.1 Å². The fourth-order valence-corrected chi connectivity index (χ4v) is 0.853.